The Morgan fingerprint density at radius 1 is 1.42 bits per heavy atom. The molecule has 0 saturated heterocycles. The smallest absolute Gasteiger partial charge is 0.342 e. The van der Waals surface area contributed by atoms with E-state index in [0.29, 0.717) is 5.70 Å². The third-order valence-corrected chi connectivity index (χ3v) is 3.33. The SMILES string of the molecule is CN1C=C(N)CN1C(=O)Nc1cc(C(=O)NCCC(=N)N)n(C)n1. The van der Waals surface area contributed by atoms with Gasteiger partial charge in [0.05, 0.1) is 12.4 Å². The Morgan fingerprint density at radius 2 is 2.12 bits per heavy atom. The van der Waals surface area contributed by atoms with Crippen molar-refractivity contribution < 1.29 is 9.59 Å². The van der Waals surface area contributed by atoms with Crippen LogP contribution in [-0.2, 0) is 7.05 Å². The largest absolute Gasteiger partial charge is 0.399 e. The Bertz CT molecular complexity index is 694. The number of hydrogen-bond donors (Lipinski definition) is 5. The van der Waals surface area contributed by atoms with Gasteiger partial charge in [0.25, 0.3) is 5.91 Å². The first kappa shape index (κ1) is 17.1. The van der Waals surface area contributed by atoms with Gasteiger partial charge in [0.1, 0.15) is 5.69 Å². The van der Waals surface area contributed by atoms with E-state index in [9.17, 15) is 9.59 Å². The number of hydrogen-bond acceptors (Lipinski definition) is 6. The van der Waals surface area contributed by atoms with Gasteiger partial charge in [-0.15, -0.1) is 0 Å². The van der Waals surface area contributed by atoms with Crippen LogP contribution in [0.1, 0.15) is 16.9 Å². The highest BCUT2D eigenvalue weighted by Gasteiger charge is 2.24. The molecule has 2 heterocycles. The zero-order valence-corrected chi connectivity index (χ0v) is 13.5. The van der Waals surface area contributed by atoms with Crippen LogP contribution in [0.25, 0.3) is 0 Å². The predicted octanol–water partition coefficient (Wildman–Crippen LogP) is -1.03. The van der Waals surface area contributed by atoms with Crippen molar-refractivity contribution in [1.82, 2.24) is 25.1 Å². The highest BCUT2D eigenvalue weighted by atomic mass is 16.2. The van der Waals surface area contributed by atoms with E-state index in [1.165, 1.54) is 15.8 Å². The van der Waals surface area contributed by atoms with Crippen molar-refractivity contribution in [1.29, 1.82) is 5.41 Å². The van der Waals surface area contributed by atoms with Crippen molar-refractivity contribution >= 4 is 23.6 Å². The van der Waals surface area contributed by atoms with Crippen molar-refractivity contribution in [3.63, 3.8) is 0 Å². The quantitative estimate of drug-likeness (QED) is 0.342. The molecule has 1 aromatic rings. The standard InChI is InChI=1S/C13H21N9O2/c1-20-6-8(14)7-22(20)13(24)18-11-5-9(21(2)19-11)12(23)17-4-3-10(15)16/h5-6H,3-4,7,14H2,1-2H3,(H3,15,16)(H,17,23)(H,18,19,24). The summed E-state index contributed by atoms with van der Waals surface area (Å²) in [5.41, 5.74) is 11.8. The van der Waals surface area contributed by atoms with Gasteiger partial charge in [-0.25, -0.2) is 9.80 Å². The summed E-state index contributed by atoms with van der Waals surface area (Å²) in [5.74, 6) is -0.120. The molecule has 130 valence electrons. The average molecular weight is 335 g/mol. The maximum absolute atomic E-state index is 12.2. The molecule has 0 atom stereocenters. The zero-order valence-electron chi connectivity index (χ0n) is 13.5. The topological polar surface area (TPSA) is 158 Å². The number of nitrogens with one attached hydrogen (secondary N) is 3. The van der Waals surface area contributed by atoms with Crippen LogP contribution in [0.15, 0.2) is 18.0 Å². The Labute approximate surface area is 138 Å². The van der Waals surface area contributed by atoms with Crippen LogP contribution in [0.3, 0.4) is 0 Å². The molecule has 3 amide bonds. The molecule has 0 radical (unpaired) electrons. The third kappa shape index (κ3) is 3.94. The van der Waals surface area contributed by atoms with Gasteiger partial charge in [-0.2, -0.15) is 5.10 Å². The Kier molecular flexibility index (Phi) is 4.92. The molecule has 0 saturated carbocycles. The number of rotatable bonds is 5. The fourth-order valence-corrected chi connectivity index (χ4v) is 2.17. The van der Waals surface area contributed by atoms with Crippen molar-refractivity contribution in [2.24, 2.45) is 18.5 Å². The molecule has 1 aliphatic heterocycles. The summed E-state index contributed by atoms with van der Waals surface area (Å²) >= 11 is 0. The molecule has 1 aromatic heterocycles. The van der Waals surface area contributed by atoms with E-state index in [1.54, 1.807) is 25.3 Å². The molecular formula is C13H21N9O2. The van der Waals surface area contributed by atoms with Crippen molar-refractivity contribution in [3.8, 4) is 0 Å². The van der Waals surface area contributed by atoms with Crippen molar-refractivity contribution in [2.75, 3.05) is 25.5 Å². The van der Waals surface area contributed by atoms with Crippen LogP contribution in [0.2, 0.25) is 0 Å². The van der Waals surface area contributed by atoms with Crippen LogP contribution in [-0.4, -0.2) is 57.7 Å². The molecule has 11 heteroatoms. The van der Waals surface area contributed by atoms with E-state index < -0.39 is 6.03 Å². The Balaban J connectivity index is 1.97. The first-order valence-electron chi connectivity index (χ1n) is 7.20. The minimum absolute atomic E-state index is 0.00382. The second-order valence-electron chi connectivity index (χ2n) is 5.34. The third-order valence-electron chi connectivity index (χ3n) is 3.33. The molecule has 0 fully saturated rings. The predicted molar refractivity (Wildman–Crippen MR) is 87.8 cm³/mol. The number of aryl methyl sites for hydroxylation is 1. The summed E-state index contributed by atoms with van der Waals surface area (Å²) in [4.78, 5) is 24.3. The Morgan fingerprint density at radius 3 is 2.71 bits per heavy atom. The number of nitrogens with zero attached hydrogens (tertiary/aromatic N) is 4. The van der Waals surface area contributed by atoms with E-state index >= 15 is 0 Å². The van der Waals surface area contributed by atoms with Crippen molar-refractivity contribution in [3.05, 3.63) is 23.7 Å². The van der Waals surface area contributed by atoms with Gasteiger partial charge in [-0.05, 0) is 0 Å². The number of nitrogens with two attached hydrogens (primary N) is 2. The molecular weight excluding hydrogens is 314 g/mol. The van der Waals surface area contributed by atoms with E-state index in [-0.39, 0.29) is 42.8 Å². The van der Waals surface area contributed by atoms with Gasteiger partial charge < -0.3 is 16.8 Å². The molecule has 11 nitrogen and oxygen atoms in total. The second-order valence-corrected chi connectivity index (χ2v) is 5.34. The fourth-order valence-electron chi connectivity index (χ4n) is 2.17. The second kappa shape index (κ2) is 6.89. The first-order valence-corrected chi connectivity index (χ1v) is 7.20. The van der Waals surface area contributed by atoms with Crippen LogP contribution < -0.4 is 22.1 Å². The summed E-state index contributed by atoms with van der Waals surface area (Å²) in [7, 11) is 3.29. The normalized spacial score (nSPS) is 13.7. The fraction of sp³-hybridized carbons (Fsp3) is 0.385. The van der Waals surface area contributed by atoms with E-state index in [2.05, 4.69) is 15.7 Å². The minimum atomic E-state index is -0.407. The number of carbonyl (C=O) groups is 2. The van der Waals surface area contributed by atoms with E-state index in [0.717, 1.165) is 0 Å². The summed E-state index contributed by atoms with van der Waals surface area (Å²) in [6.45, 7) is 0.540. The number of amides is 3. The van der Waals surface area contributed by atoms with Crippen LogP contribution in [0.5, 0.6) is 0 Å². The highest BCUT2D eigenvalue weighted by Crippen LogP contribution is 2.13. The lowest BCUT2D eigenvalue weighted by molar-refractivity contribution is 0.0945. The van der Waals surface area contributed by atoms with Gasteiger partial charge in [0.2, 0.25) is 0 Å². The molecule has 0 bridgehead atoms. The lowest BCUT2D eigenvalue weighted by atomic mass is 10.3. The molecule has 24 heavy (non-hydrogen) atoms. The molecule has 0 aromatic carbocycles. The van der Waals surface area contributed by atoms with Crippen LogP contribution in [0.4, 0.5) is 10.6 Å². The molecule has 7 N–H and O–H groups in total. The van der Waals surface area contributed by atoms with Crippen LogP contribution >= 0.6 is 0 Å². The monoisotopic (exact) mass is 335 g/mol. The summed E-state index contributed by atoms with van der Waals surface area (Å²) in [5, 5.41) is 19.4. The van der Waals surface area contributed by atoms with E-state index in [1.807, 2.05) is 0 Å². The number of amidine groups is 1. The van der Waals surface area contributed by atoms with Gasteiger partial charge in [0, 0.05) is 45.0 Å². The summed E-state index contributed by atoms with van der Waals surface area (Å²) in [6.07, 6.45) is 1.91. The lowest BCUT2D eigenvalue weighted by Crippen LogP contribution is -2.41. The number of anilines is 1. The van der Waals surface area contributed by atoms with Gasteiger partial charge in [0.15, 0.2) is 5.82 Å². The minimum Gasteiger partial charge on any atom is -0.399 e. The summed E-state index contributed by atoms with van der Waals surface area (Å²) < 4.78 is 1.36. The average Bonchev–Trinajstić information content (AvgIpc) is 3.00. The summed E-state index contributed by atoms with van der Waals surface area (Å²) in [6, 6.07) is 1.06. The molecule has 0 aliphatic carbocycles. The van der Waals surface area contributed by atoms with Gasteiger partial charge in [-0.1, -0.05) is 0 Å². The molecule has 0 unspecified atom stereocenters. The number of aromatic nitrogens is 2. The van der Waals surface area contributed by atoms with Crippen LogP contribution in [0, 0.1) is 5.41 Å². The lowest BCUT2D eigenvalue weighted by Gasteiger charge is -2.24. The molecule has 0 spiro atoms. The van der Waals surface area contributed by atoms with Gasteiger partial charge >= 0.3 is 6.03 Å². The van der Waals surface area contributed by atoms with Crippen molar-refractivity contribution in [2.45, 2.75) is 6.42 Å². The Hall–Kier alpha value is -3.24. The number of urea groups is 1. The highest BCUT2D eigenvalue weighted by molar-refractivity contribution is 5.95. The number of hydrazine groups is 1. The maximum atomic E-state index is 12.2. The first-order chi connectivity index (χ1) is 11.3. The molecule has 1 aliphatic rings. The number of carbonyl (C=O) groups excluding carboxylic acids is 2. The molecule has 2 rings (SSSR count). The zero-order chi connectivity index (χ0) is 17.9. The maximum Gasteiger partial charge on any atom is 0.342 e. The van der Waals surface area contributed by atoms with E-state index in [4.69, 9.17) is 16.9 Å². The van der Waals surface area contributed by atoms with Gasteiger partial charge in [-0.3, -0.25) is 25.2 Å².